The van der Waals surface area contributed by atoms with Crippen molar-refractivity contribution in [3.05, 3.63) is 23.8 Å². The zero-order valence-electron chi connectivity index (χ0n) is 13.4. The minimum atomic E-state index is 0.930. The van der Waals surface area contributed by atoms with Crippen LogP contribution in [0.3, 0.4) is 0 Å². The molecule has 3 heteroatoms. The van der Waals surface area contributed by atoms with Gasteiger partial charge in [0.1, 0.15) is 11.4 Å². The molecular formula is C18H28N3. The van der Waals surface area contributed by atoms with Crippen molar-refractivity contribution in [3.63, 3.8) is 0 Å². The lowest BCUT2D eigenvalue weighted by Gasteiger charge is -2.05. The van der Waals surface area contributed by atoms with Gasteiger partial charge in [-0.2, -0.15) is 0 Å². The fourth-order valence-corrected chi connectivity index (χ4v) is 2.89. The van der Waals surface area contributed by atoms with Crippen LogP contribution in [-0.4, -0.2) is 0 Å². The lowest BCUT2D eigenvalue weighted by atomic mass is 10.0. The van der Waals surface area contributed by atoms with Gasteiger partial charge in [0.2, 0.25) is 0 Å². The van der Waals surface area contributed by atoms with Gasteiger partial charge in [-0.15, -0.1) is 10.5 Å². The van der Waals surface area contributed by atoms with E-state index in [0.29, 0.717) is 0 Å². The summed E-state index contributed by atoms with van der Waals surface area (Å²) in [6.07, 6.45) is 14.9. The minimum absolute atomic E-state index is 0.930. The lowest BCUT2D eigenvalue weighted by Crippen LogP contribution is -1.88. The van der Waals surface area contributed by atoms with Gasteiger partial charge in [-0.25, -0.2) is 0 Å². The molecule has 0 spiro atoms. The number of hydrogen-bond donors (Lipinski definition) is 0. The van der Waals surface area contributed by atoms with Crippen LogP contribution < -0.4 is 5.43 Å². The minimum Gasteiger partial charge on any atom is -0.128 e. The Morgan fingerprint density at radius 2 is 1.48 bits per heavy atom. The number of fused-ring (bicyclic) bond motifs is 1. The third-order valence-electron chi connectivity index (χ3n) is 4.20. The van der Waals surface area contributed by atoms with Crippen molar-refractivity contribution in [2.45, 2.75) is 77.6 Å². The summed E-state index contributed by atoms with van der Waals surface area (Å²) in [5, 5.41) is 7.88. The Balaban J connectivity index is 1.51. The zero-order valence-corrected chi connectivity index (χ0v) is 13.4. The van der Waals surface area contributed by atoms with E-state index in [2.05, 4.69) is 34.8 Å². The van der Waals surface area contributed by atoms with Crippen LogP contribution in [0.15, 0.2) is 28.5 Å². The maximum atomic E-state index is 4.12. The molecule has 0 N–H and O–H groups in total. The van der Waals surface area contributed by atoms with Crippen molar-refractivity contribution >= 4 is 11.4 Å². The fraction of sp³-hybridized carbons (Fsp3) is 0.667. The van der Waals surface area contributed by atoms with Crippen molar-refractivity contribution in [1.29, 1.82) is 0 Å². The Kier molecular flexibility index (Phi) is 7.27. The molecule has 115 valence electrons. The van der Waals surface area contributed by atoms with E-state index < -0.39 is 0 Å². The average Bonchev–Trinajstić information content (AvgIpc) is 2.98. The van der Waals surface area contributed by atoms with Gasteiger partial charge in [0.05, 0.1) is 0 Å². The van der Waals surface area contributed by atoms with Gasteiger partial charge in [-0.1, -0.05) is 76.8 Å². The predicted octanol–water partition coefficient (Wildman–Crippen LogP) is 6.40. The molecule has 1 aromatic rings. The summed E-state index contributed by atoms with van der Waals surface area (Å²) in [5.74, 6) is 0. The number of hydrogen-bond acceptors (Lipinski definition) is 2. The Labute approximate surface area is 129 Å². The predicted molar refractivity (Wildman–Crippen MR) is 88.3 cm³/mol. The molecule has 1 aromatic carbocycles. The first kappa shape index (κ1) is 16.0. The molecule has 0 amide bonds. The summed E-state index contributed by atoms with van der Waals surface area (Å²) in [4.78, 5) is 0. The summed E-state index contributed by atoms with van der Waals surface area (Å²) in [6, 6.07) is 6.20. The van der Waals surface area contributed by atoms with Crippen molar-refractivity contribution in [1.82, 2.24) is 5.43 Å². The second kappa shape index (κ2) is 9.54. The first-order chi connectivity index (χ1) is 10.4. The number of benzene rings is 1. The average molecular weight is 286 g/mol. The topological polar surface area (TPSA) is 38.8 Å². The van der Waals surface area contributed by atoms with Crippen LogP contribution in [0, 0.1) is 0 Å². The molecule has 0 fully saturated rings. The van der Waals surface area contributed by atoms with Crippen LogP contribution in [0.1, 0.15) is 76.7 Å². The summed E-state index contributed by atoms with van der Waals surface area (Å²) in [7, 11) is 0. The SMILES string of the molecule is CCCCCCCCCCCCc1cccc2c1N=N[N]2. The molecule has 1 heterocycles. The Morgan fingerprint density at radius 3 is 2.19 bits per heavy atom. The molecule has 2 rings (SSSR count). The lowest BCUT2D eigenvalue weighted by molar-refractivity contribution is 0.556. The van der Waals surface area contributed by atoms with Gasteiger partial charge in [0.25, 0.3) is 0 Å². The van der Waals surface area contributed by atoms with Crippen LogP contribution in [0.25, 0.3) is 0 Å². The highest BCUT2D eigenvalue weighted by Gasteiger charge is 2.12. The number of nitrogens with zero attached hydrogens (tertiary/aromatic N) is 3. The van der Waals surface area contributed by atoms with E-state index in [4.69, 9.17) is 0 Å². The largest absolute Gasteiger partial charge is 0.128 e. The van der Waals surface area contributed by atoms with E-state index in [1.54, 1.807) is 0 Å². The highest BCUT2D eigenvalue weighted by atomic mass is 15.5. The first-order valence-corrected chi connectivity index (χ1v) is 8.65. The van der Waals surface area contributed by atoms with Crippen LogP contribution in [0.4, 0.5) is 11.4 Å². The molecule has 1 aliphatic rings. The number of unbranched alkanes of at least 4 members (excludes halogenated alkanes) is 9. The third-order valence-corrected chi connectivity index (χ3v) is 4.20. The molecule has 0 unspecified atom stereocenters. The highest BCUT2D eigenvalue weighted by molar-refractivity contribution is 5.66. The second-order valence-electron chi connectivity index (χ2n) is 6.01. The van der Waals surface area contributed by atoms with Crippen molar-refractivity contribution in [3.8, 4) is 0 Å². The van der Waals surface area contributed by atoms with Gasteiger partial charge in [0, 0.05) is 0 Å². The van der Waals surface area contributed by atoms with Crippen molar-refractivity contribution < 1.29 is 0 Å². The molecule has 21 heavy (non-hydrogen) atoms. The molecule has 0 atom stereocenters. The van der Waals surface area contributed by atoms with Crippen molar-refractivity contribution in [2.75, 3.05) is 0 Å². The number of rotatable bonds is 11. The summed E-state index contributed by atoms with van der Waals surface area (Å²) < 4.78 is 0. The summed E-state index contributed by atoms with van der Waals surface area (Å²) in [6.45, 7) is 2.28. The quantitative estimate of drug-likeness (QED) is 0.422. The molecular weight excluding hydrogens is 258 g/mol. The van der Waals surface area contributed by atoms with E-state index in [0.717, 1.165) is 17.8 Å². The van der Waals surface area contributed by atoms with Crippen LogP contribution in [0.5, 0.6) is 0 Å². The van der Waals surface area contributed by atoms with Gasteiger partial charge in [-0.3, -0.25) is 0 Å². The normalized spacial score (nSPS) is 12.4. The van der Waals surface area contributed by atoms with Crippen LogP contribution in [0.2, 0.25) is 0 Å². The van der Waals surface area contributed by atoms with Crippen LogP contribution >= 0.6 is 0 Å². The Morgan fingerprint density at radius 1 is 0.810 bits per heavy atom. The van der Waals surface area contributed by atoms with Gasteiger partial charge in [0.15, 0.2) is 0 Å². The van der Waals surface area contributed by atoms with Gasteiger partial charge < -0.3 is 0 Å². The monoisotopic (exact) mass is 286 g/mol. The molecule has 0 aromatic heterocycles. The molecule has 1 radical (unpaired) electrons. The van der Waals surface area contributed by atoms with E-state index in [9.17, 15) is 0 Å². The Hall–Kier alpha value is -1.38. The first-order valence-electron chi connectivity index (χ1n) is 8.65. The molecule has 0 aliphatic carbocycles. The molecule has 3 nitrogen and oxygen atoms in total. The van der Waals surface area contributed by atoms with Crippen LogP contribution in [-0.2, 0) is 6.42 Å². The molecule has 0 saturated carbocycles. The highest BCUT2D eigenvalue weighted by Crippen LogP contribution is 2.34. The third kappa shape index (κ3) is 5.49. The number of aryl methyl sites for hydroxylation is 1. The smallest absolute Gasteiger partial charge is 0.118 e. The second-order valence-corrected chi connectivity index (χ2v) is 6.01. The van der Waals surface area contributed by atoms with E-state index in [-0.39, 0.29) is 0 Å². The van der Waals surface area contributed by atoms with Gasteiger partial charge >= 0.3 is 0 Å². The van der Waals surface area contributed by atoms with Gasteiger partial charge in [-0.05, 0) is 29.7 Å². The molecule has 0 saturated heterocycles. The summed E-state index contributed by atoms with van der Waals surface area (Å²) in [5.41, 5.74) is 7.24. The Bertz CT molecular complexity index is 440. The standard InChI is InChI=1S/C18H28N3/c1-2-3-4-5-6-7-8-9-10-11-13-16-14-12-15-17-18(16)20-21-19-17/h12,14-15H,2-11,13H2,1H3. The van der Waals surface area contributed by atoms with E-state index in [1.165, 1.54) is 69.8 Å². The van der Waals surface area contributed by atoms with E-state index in [1.807, 2.05) is 6.07 Å². The summed E-state index contributed by atoms with van der Waals surface area (Å²) >= 11 is 0. The van der Waals surface area contributed by atoms with E-state index >= 15 is 0 Å². The molecule has 0 bridgehead atoms. The maximum Gasteiger partial charge on any atom is 0.118 e. The van der Waals surface area contributed by atoms with Crippen molar-refractivity contribution in [2.24, 2.45) is 10.3 Å². The maximum absolute atomic E-state index is 4.12. The fourth-order valence-electron chi connectivity index (χ4n) is 2.89. The molecule has 1 aliphatic heterocycles. The zero-order chi connectivity index (χ0) is 14.8.